The zero-order valence-electron chi connectivity index (χ0n) is 14.5. The van der Waals surface area contributed by atoms with Crippen molar-refractivity contribution in [2.45, 2.75) is 12.3 Å². The summed E-state index contributed by atoms with van der Waals surface area (Å²) in [5, 5.41) is 3.83. The second-order valence-corrected chi connectivity index (χ2v) is 6.34. The molecule has 2 aromatic carbocycles. The number of carbonyl (C=O) groups excluding carboxylic acids is 1. The second kappa shape index (κ2) is 7.30. The highest BCUT2D eigenvalue weighted by Crippen LogP contribution is 2.28. The number of halogens is 3. The van der Waals surface area contributed by atoms with E-state index in [9.17, 15) is 18.0 Å². The van der Waals surface area contributed by atoms with Crippen LogP contribution in [-0.2, 0) is 0 Å². The highest BCUT2D eigenvalue weighted by atomic mass is 19.2. The molecular weight excluding hydrogens is 371 g/mol. The van der Waals surface area contributed by atoms with Gasteiger partial charge in [-0.1, -0.05) is 23.4 Å². The van der Waals surface area contributed by atoms with Crippen LogP contribution in [0, 0.1) is 17.5 Å². The van der Waals surface area contributed by atoms with E-state index in [0.29, 0.717) is 6.42 Å². The predicted octanol–water partition coefficient (Wildman–Crippen LogP) is 4.30. The SMILES string of the molecule is O=C(c1ccc(F)c(F)c1)N1C=CCC(c2nc(-c3ccccc3F)no2)C1. The topological polar surface area (TPSA) is 59.2 Å². The van der Waals surface area contributed by atoms with Crippen LogP contribution in [-0.4, -0.2) is 27.5 Å². The van der Waals surface area contributed by atoms with Crippen molar-refractivity contribution >= 4 is 5.91 Å². The van der Waals surface area contributed by atoms with Crippen molar-refractivity contribution in [3.63, 3.8) is 0 Å². The van der Waals surface area contributed by atoms with E-state index >= 15 is 0 Å². The van der Waals surface area contributed by atoms with Crippen molar-refractivity contribution in [3.05, 3.63) is 83.6 Å². The summed E-state index contributed by atoms with van der Waals surface area (Å²) in [7, 11) is 0. The fourth-order valence-electron chi connectivity index (χ4n) is 3.00. The molecule has 0 bridgehead atoms. The largest absolute Gasteiger partial charge is 0.339 e. The van der Waals surface area contributed by atoms with Crippen molar-refractivity contribution in [1.82, 2.24) is 15.0 Å². The summed E-state index contributed by atoms with van der Waals surface area (Å²) in [5.41, 5.74) is 0.250. The molecule has 1 amide bonds. The first kappa shape index (κ1) is 18.0. The van der Waals surface area contributed by atoms with Crippen LogP contribution in [0.25, 0.3) is 11.4 Å². The summed E-state index contributed by atoms with van der Waals surface area (Å²) in [6.07, 6.45) is 3.87. The summed E-state index contributed by atoms with van der Waals surface area (Å²) in [6.45, 7) is 0.216. The van der Waals surface area contributed by atoms with Gasteiger partial charge in [-0.3, -0.25) is 4.79 Å². The lowest BCUT2D eigenvalue weighted by molar-refractivity contribution is 0.0802. The van der Waals surface area contributed by atoms with Crippen LogP contribution in [0.2, 0.25) is 0 Å². The van der Waals surface area contributed by atoms with Gasteiger partial charge in [0.25, 0.3) is 5.91 Å². The zero-order valence-corrected chi connectivity index (χ0v) is 14.5. The molecule has 1 unspecified atom stereocenters. The molecule has 2 heterocycles. The van der Waals surface area contributed by atoms with E-state index in [1.54, 1.807) is 30.5 Å². The fourth-order valence-corrected chi connectivity index (χ4v) is 3.00. The Bertz CT molecular complexity index is 1060. The summed E-state index contributed by atoms with van der Waals surface area (Å²) in [5.74, 6) is -2.95. The molecule has 142 valence electrons. The molecule has 0 N–H and O–H groups in total. The predicted molar refractivity (Wildman–Crippen MR) is 93.6 cm³/mol. The van der Waals surface area contributed by atoms with E-state index < -0.39 is 23.4 Å². The summed E-state index contributed by atoms with van der Waals surface area (Å²) in [4.78, 5) is 18.2. The van der Waals surface area contributed by atoms with E-state index in [0.717, 1.165) is 12.1 Å². The molecule has 28 heavy (non-hydrogen) atoms. The number of rotatable bonds is 3. The first-order chi connectivity index (χ1) is 13.5. The molecule has 3 aromatic rings. The van der Waals surface area contributed by atoms with E-state index in [-0.39, 0.29) is 35.3 Å². The van der Waals surface area contributed by atoms with Gasteiger partial charge in [0.05, 0.1) is 11.5 Å². The molecule has 1 aliphatic heterocycles. The Hall–Kier alpha value is -3.42. The van der Waals surface area contributed by atoms with Gasteiger partial charge >= 0.3 is 0 Å². The minimum absolute atomic E-state index is 0.0294. The lowest BCUT2D eigenvalue weighted by Crippen LogP contribution is -2.32. The maximum atomic E-state index is 13.9. The monoisotopic (exact) mass is 385 g/mol. The Morgan fingerprint density at radius 1 is 1.07 bits per heavy atom. The van der Waals surface area contributed by atoms with Gasteiger partial charge in [0.1, 0.15) is 5.82 Å². The highest BCUT2D eigenvalue weighted by Gasteiger charge is 2.27. The Balaban J connectivity index is 1.54. The number of amides is 1. The van der Waals surface area contributed by atoms with Gasteiger partial charge in [0, 0.05) is 18.3 Å². The molecule has 0 spiro atoms. The van der Waals surface area contributed by atoms with Crippen LogP contribution in [0.4, 0.5) is 13.2 Å². The first-order valence-electron chi connectivity index (χ1n) is 8.54. The molecular formula is C20H14F3N3O2. The molecule has 0 aliphatic carbocycles. The number of carbonyl (C=O) groups is 1. The third-order valence-electron chi connectivity index (χ3n) is 4.46. The van der Waals surface area contributed by atoms with Crippen LogP contribution in [0.15, 0.2) is 59.3 Å². The fraction of sp³-hybridized carbons (Fsp3) is 0.150. The standard InChI is InChI=1S/C20H14F3N3O2/c21-15-6-2-1-5-14(15)18-24-19(28-25-18)13-4-3-9-26(11-13)20(27)12-7-8-16(22)17(23)10-12/h1-3,5-10,13H,4,11H2. The van der Waals surface area contributed by atoms with Gasteiger partial charge in [-0.15, -0.1) is 0 Å². The van der Waals surface area contributed by atoms with Gasteiger partial charge in [-0.25, -0.2) is 13.2 Å². The molecule has 0 saturated carbocycles. The number of benzene rings is 2. The van der Waals surface area contributed by atoms with Crippen LogP contribution < -0.4 is 0 Å². The van der Waals surface area contributed by atoms with Gasteiger partial charge in [-0.2, -0.15) is 4.98 Å². The van der Waals surface area contributed by atoms with Gasteiger partial charge in [0.2, 0.25) is 11.7 Å². The van der Waals surface area contributed by atoms with Crippen LogP contribution in [0.5, 0.6) is 0 Å². The Morgan fingerprint density at radius 3 is 2.68 bits per heavy atom. The number of nitrogens with zero attached hydrogens (tertiary/aromatic N) is 3. The molecule has 1 aliphatic rings. The Kier molecular flexibility index (Phi) is 4.68. The maximum absolute atomic E-state index is 13.9. The number of allylic oxidation sites excluding steroid dienone is 1. The lowest BCUT2D eigenvalue weighted by atomic mass is 10.0. The number of hydrogen-bond acceptors (Lipinski definition) is 4. The number of aromatic nitrogens is 2. The minimum atomic E-state index is -1.09. The molecule has 1 aromatic heterocycles. The van der Waals surface area contributed by atoms with E-state index in [4.69, 9.17) is 4.52 Å². The smallest absolute Gasteiger partial charge is 0.257 e. The molecule has 0 saturated heterocycles. The Labute approximate surface area is 158 Å². The third-order valence-corrected chi connectivity index (χ3v) is 4.46. The van der Waals surface area contributed by atoms with Crippen molar-refractivity contribution in [2.24, 2.45) is 0 Å². The molecule has 5 nitrogen and oxygen atoms in total. The average Bonchev–Trinajstić information content (AvgIpc) is 3.20. The summed E-state index contributed by atoms with van der Waals surface area (Å²) < 4.78 is 45.7. The van der Waals surface area contributed by atoms with Gasteiger partial charge in [-0.05, 0) is 36.8 Å². The van der Waals surface area contributed by atoms with E-state index in [2.05, 4.69) is 10.1 Å². The van der Waals surface area contributed by atoms with Crippen molar-refractivity contribution in [2.75, 3.05) is 6.54 Å². The third kappa shape index (κ3) is 3.40. The van der Waals surface area contributed by atoms with Crippen molar-refractivity contribution in [1.29, 1.82) is 0 Å². The molecule has 0 radical (unpaired) electrons. The average molecular weight is 385 g/mol. The molecule has 4 rings (SSSR count). The number of hydrogen-bond donors (Lipinski definition) is 0. The van der Waals surface area contributed by atoms with E-state index in [1.165, 1.54) is 17.0 Å². The highest BCUT2D eigenvalue weighted by molar-refractivity contribution is 5.95. The minimum Gasteiger partial charge on any atom is -0.339 e. The van der Waals surface area contributed by atoms with Crippen LogP contribution in [0.1, 0.15) is 28.6 Å². The maximum Gasteiger partial charge on any atom is 0.257 e. The van der Waals surface area contributed by atoms with Gasteiger partial charge in [0.15, 0.2) is 11.6 Å². The normalized spacial score (nSPS) is 16.4. The zero-order chi connectivity index (χ0) is 19.7. The summed E-state index contributed by atoms with van der Waals surface area (Å²) >= 11 is 0. The van der Waals surface area contributed by atoms with Crippen molar-refractivity contribution < 1.29 is 22.5 Å². The molecule has 0 fully saturated rings. The second-order valence-electron chi connectivity index (χ2n) is 6.34. The summed E-state index contributed by atoms with van der Waals surface area (Å²) in [6, 6.07) is 9.07. The van der Waals surface area contributed by atoms with E-state index in [1.807, 2.05) is 0 Å². The first-order valence-corrected chi connectivity index (χ1v) is 8.54. The molecule has 1 atom stereocenters. The lowest BCUT2D eigenvalue weighted by Gasteiger charge is -2.26. The van der Waals surface area contributed by atoms with Gasteiger partial charge < -0.3 is 9.42 Å². The molecule has 8 heteroatoms. The quantitative estimate of drug-likeness (QED) is 0.675. The van der Waals surface area contributed by atoms with Crippen LogP contribution in [0.3, 0.4) is 0 Å². The Morgan fingerprint density at radius 2 is 1.89 bits per heavy atom. The van der Waals surface area contributed by atoms with Crippen LogP contribution >= 0.6 is 0 Å². The van der Waals surface area contributed by atoms with Crippen molar-refractivity contribution in [3.8, 4) is 11.4 Å².